The topological polar surface area (TPSA) is 76.2 Å². The summed E-state index contributed by atoms with van der Waals surface area (Å²) < 4.78 is 0. The van der Waals surface area contributed by atoms with Gasteiger partial charge in [-0.3, -0.25) is 4.79 Å². The van der Waals surface area contributed by atoms with Gasteiger partial charge >= 0.3 is 5.97 Å². The molecule has 0 aromatic carbocycles. The Kier molecular flexibility index (Phi) is 5.92. The first-order chi connectivity index (χ1) is 7.20. The molecule has 7 heteroatoms. The summed E-state index contributed by atoms with van der Waals surface area (Å²) in [5.41, 5.74) is 5.34. The number of carboxylic acid groups (broad SMARTS) is 1. The van der Waals surface area contributed by atoms with Crippen molar-refractivity contribution in [2.24, 2.45) is 5.73 Å². The van der Waals surface area contributed by atoms with Crippen molar-refractivity contribution in [3.63, 3.8) is 0 Å². The van der Waals surface area contributed by atoms with E-state index in [1.54, 1.807) is 6.20 Å². The Morgan fingerprint density at radius 2 is 2.40 bits per heavy atom. The van der Waals surface area contributed by atoms with E-state index in [4.69, 9.17) is 10.8 Å². The highest BCUT2D eigenvalue weighted by atomic mass is 33.5. The predicted octanol–water partition coefficient (Wildman–Crippen LogP) is 1.88. The summed E-state index contributed by atoms with van der Waals surface area (Å²) in [5, 5.41) is 9.43. The maximum Gasteiger partial charge on any atom is 0.321 e. The van der Waals surface area contributed by atoms with Crippen LogP contribution in [0.3, 0.4) is 0 Å². The lowest BCUT2D eigenvalue weighted by Crippen LogP contribution is -2.32. The maximum atomic E-state index is 10.4. The van der Waals surface area contributed by atoms with Crippen LogP contribution in [0.15, 0.2) is 29.4 Å². The second-order valence-corrected chi connectivity index (χ2v) is 6.68. The lowest BCUT2D eigenvalue weighted by atomic mass is 10.4. The minimum atomic E-state index is -0.967. The summed E-state index contributed by atoms with van der Waals surface area (Å²) in [4.78, 5) is 14.5. The van der Waals surface area contributed by atoms with E-state index in [1.165, 1.54) is 31.4 Å². The van der Waals surface area contributed by atoms with Gasteiger partial charge in [-0.25, -0.2) is 4.98 Å². The fourth-order valence-electron chi connectivity index (χ4n) is 0.628. The molecule has 1 atom stereocenters. The molecule has 0 aliphatic rings. The number of aliphatic carboxylic acids is 1. The number of carbonyl (C=O) groups is 1. The Hall–Kier alpha value is -0.370. The van der Waals surface area contributed by atoms with Gasteiger partial charge in [0.1, 0.15) is 11.1 Å². The SMILES string of the molecule is N[C@@H](CSSSc1ccccn1)C(=O)O. The van der Waals surface area contributed by atoms with Gasteiger partial charge in [-0.2, -0.15) is 0 Å². The lowest BCUT2D eigenvalue weighted by molar-refractivity contribution is -0.137. The largest absolute Gasteiger partial charge is 0.480 e. The molecule has 0 bridgehead atoms. The van der Waals surface area contributed by atoms with Gasteiger partial charge in [-0.05, 0) is 32.8 Å². The third-order valence-corrected chi connectivity index (χ3v) is 5.33. The molecule has 1 aromatic heterocycles. The molecule has 0 fully saturated rings. The molecule has 0 aliphatic carbocycles. The average Bonchev–Trinajstić information content (AvgIpc) is 2.25. The number of nitrogens with zero attached hydrogens (tertiary/aromatic N) is 1. The van der Waals surface area contributed by atoms with Crippen LogP contribution >= 0.6 is 31.4 Å². The van der Waals surface area contributed by atoms with Gasteiger partial charge in [-0.1, -0.05) is 16.9 Å². The van der Waals surface area contributed by atoms with Crippen molar-refractivity contribution >= 4 is 37.4 Å². The number of hydrogen-bond donors (Lipinski definition) is 2. The molecule has 1 aromatic rings. The minimum absolute atomic E-state index is 0.389. The lowest BCUT2D eigenvalue weighted by Gasteiger charge is -2.03. The van der Waals surface area contributed by atoms with Crippen molar-refractivity contribution in [3.8, 4) is 0 Å². The summed E-state index contributed by atoms with van der Waals surface area (Å²) in [6.45, 7) is 0. The van der Waals surface area contributed by atoms with Crippen LogP contribution in [0.25, 0.3) is 0 Å². The summed E-state index contributed by atoms with van der Waals surface area (Å²) in [6, 6.07) is 4.85. The quantitative estimate of drug-likeness (QED) is 0.598. The molecule has 0 saturated heterocycles. The van der Waals surface area contributed by atoms with Crippen molar-refractivity contribution < 1.29 is 9.90 Å². The number of rotatable bonds is 6. The summed E-state index contributed by atoms with van der Waals surface area (Å²) in [5.74, 6) is -0.578. The Labute approximate surface area is 99.2 Å². The van der Waals surface area contributed by atoms with Crippen molar-refractivity contribution in [2.75, 3.05) is 5.75 Å². The van der Waals surface area contributed by atoms with E-state index in [-0.39, 0.29) is 0 Å². The summed E-state index contributed by atoms with van der Waals surface area (Å²) >= 11 is 0. The van der Waals surface area contributed by atoms with Crippen LogP contribution in [-0.2, 0) is 4.79 Å². The highest BCUT2D eigenvalue weighted by Crippen LogP contribution is 2.39. The fraction of sp³-hybridized carbons (Fsp3) is 0.250. The monoisotopic (exact) mass is 262 g/mol. The van der Waals surface area contributed by atoms with Gasteiger partial charge in [0, 0.05) is 11.9 Å². The minimum Gasteiger partial charge on any atom is -0.480 e. The van der Waals surface area contributed by atoms with Crippen molar-refractivity contribution in [3.05, 3.63) is 24.4 Å². The second kappa shape index (κ2) is 7.00. The first kappa shape index (κ1) is 12.7. The van der Waals surface area contributed by atoms with Gasteiger partial charge in [0.25, 0.3) is 0 Å². The van der Waals surface area contributed by atoms with E-state index in [0.717, 1.165) is 5.03 Å². The predicted molar refractivity (Wildman–Crippen MR) is 65.8 cm³/mol. The van der Waals surface area contributed by atoms with Crippen LogP contribution in [0.1, 0.15) is 0 Å². The van der Waals surface area contributed by atoms with E-state index in [2.05, 4.69) is 4.98 Å². The zero-order valence-corrected chi connectivity index (χ0v) is 10.1. The first-order valence-corrected chi connectivity index (χ1v) is 7.71. The third-order valence-electron chi connectivity index (χ3n) is 1.37. The molecular formula is C8H10N2O2S3. The second-order valence-electron chi connectivity index (χ2n) is 2.55. The smallest absolute Gasteiger partial charge is 0.321 e. The molecule has 4 nitrogen and oxygen atoms in total. The highest BCUT2D eigenvalue weighted by Gasteiger charge is 2.11. The molecule has 1 heterocycles. The molecule has 3 N–H and O–H groups in total. The van der Waals surface area contributed by atoms with Crippen LogP contribution in [0, 0.1) is 0 Å². The number of nitrogens with two attached hydrogens (primary N) is 1. The first-order valence-electron chi connectivity index (χ1n) is 4.05. The van der Waals surface area contributed by atoms with E-state index in [0.29, 0.717) is 5.75 Å². The zero-order chi connectivity index (χ0) is 11.1. The van der Waals surface area contributed by atoms with Crippen LogP contribution < -0.4 is 5.73 Å². The Morgan fingerprint density at radius 1 is 1.60 bits per heavy atom. The molecule has 0 spiro atoms. The molecule has 0 unspecified atom stereocenters. The van der Waals surface area contributed by atoms with Gasteiger partial charge in [0.15, 0.2) is 0 Å². The van der Waals surface area contributed by atoms with Crippen molar-refractivity contribution in [1.82, 2.24) is 4.98 Å². The maximum absolute atomic E-state index is 10.4. The molecule has 15 heavy (non-hydrogen) atoms. The van der Waals surface area contributed by atoms with Gasteiger partial charge < -0.3 is 10.8 Å². The number of carboxylic acids is 1. The van der Waals surface area contributed by atoms with Crippen LogP contribution in [0.2, 0.25) is 0 Å². The van der Waals surface area contributed by atoms with E-state index in [1.807, 2.05) is 18.2 Å². The van der Waals surface area contributed by atoms with E-state index < -0.39 is 12.0 Å². The van der Waals surface area contributed by atoms with Gasteiger partial charge in [0.2, 0.25) is 0 Å². The Morgan fingerprint density at radius 3 is 3.00 bits per heavy atom. The van der Waals surface area contributed by atoms with Crippen molar-refractivity contribution in [1.29, 1.82) is 0 Å². The van der Waals surface area contributed by atoms with E-state index >= 15 is 0 Å². The zero-order valence-electron chi connectivity index (χ0n) is 7.70. The number of hydrogen-bond acceptors (Lipinski definition) is 6. The van der Waals surface area contributed by atoms with Crippen LogP contribution in [0.5, 0.6) is 0 Å². The molecule has 0 amide bonds. The Balaban J connectivity index is 2.15. The summed E-state index contributed by atoms with van der Waals surface area (Å²) in [6.07, 6.45) is 1.72. The normalized spacial score (nSPS) is 12.3. The standard InChI is InChI=1S/C8H10N2O2S3/c9-6(8(11)12)5-13-15-14-7-3-1-2-4-10-7/h1-4,6H,5,9H2,(H,11,12)/t6-/m0/s1. The molecule has 0 radical (unpaired) electrons. The van der Waals surface area contributed by atoms with Crippen LogP contribution in [0.4, 0.5) is 0 Å². The molecule has 0 saturated carbocycles. The highest BCUT2D eigenvalue weighted by molar-refractivity contribution is 9.09. The van der Waals surface area contributed by atoms with Crippen molar-refractivity contribution in [2.45, 2.75) is 11.1 Å². The fourth-order valence-corrected chi connectivity index (χ4v) is 4.14. The van der Waals surface area contributed by atoms with Gasteiger partial charge in [-0.15, -0.1) is 0 Å². The molecule has 0 aliphatic heterocycles. The third kappa shape index (κ3) is 5.31. The van der Waals surface area contributed by atoms with E-state index in [9.17, 15) is 4.79 Å². The molecular weight excluding hydrogens is 252 g/mol. The number of pyridine rings is 1. The Bertz CT molecular complexity index is 310. The van der Waals surface area contributed by atoms with Gasteiger partial charge in [0.05, 0.1) is 0 Å². The average molecular weight is 262 g/mol. The van der Waals surface area contributed by atoms with Crippen LogP contribution in [-0.4, -0.2) is 27.9 Å². The number of aromatic nitrogens is 1. The molecule has 82 valence electrons. The molecule has 1 rings (SSSR count). The summed E-state index contributed by atoms with van der Waals surface area (Å²) in [7, 11) is 4.39.